The molecule has 1 N–H and O–H groups in total. The highest BCUT2D eigenvalue weighted by atomic mass is 16.2. The lowest BCUT2D eigenvalue weighted by Crippen LogP contribution is -2.17. The van der Waals surface area contributed by atoms with Crippen LogP contribution in [0.3, 0.4) is 0 Å². The number of nitrogens with one attached hydrogen (secondary N) is 1. The number of hydrogen-bond acceptors (Lipinski definition) is 2. The SMILES string of the molecule is CCn1nccc1C(=O)Nc1ccc(-c2ccccc2)cc1. The second-order valence-corrected chi connectivity index (χ2v) is 4.93. The van der Waals surface area contributed by atoms with Gasteiger partial charge in [0, 0.05) is 18.4 Å². The number of hydrogen-bond donors (Lipinski definition) is 1. The largest absolute Gasteiger partial charge is 0.321 e. The highest BCUT2D eigenvalue weighted by Crippen LogP contribution is 2.21. The second-order valence-electron chi connectivity index (χ2n) is 4.93. The third kappa shape index (κ3) is 2.91. The Balaban J connectivity index is 1.75. The zero-order valence-electron chi connectivity index (χ0n) is 12.4. The molecular formula is C18H17N3O. The lowest BCUT2D eigenvalue weighted by molar-refractivity contribution is 0.101. The van der Waals surface area contributed by atoms with Gasteiger partial charge in [0.1, 0.15) is 5.69 Å². The van der Waals surface area contributed by atoms with Crippen molar-refractivity contribution in [2.24, 2.45) is 0 Å². The van der Waals surface area contributed by atoms with Crippen molar-refractivity contribution in [1.29, 1.82) is 0 Å². The molecule has 0 fully saturated rings. The molecule has 0 saturated carbocycles. The van der Waals surface area contributed by atoms with E-state index < -0.39 is 0 Å². The summed E-state index contributed by atoms with van der Waals surface area (Å²) in [4.78, 5) is 12.2. The number of benzene rings is 2. The summed E-state index contributed by atoms with van der Waals surface area (Å²) in [5.41, 5.74) is 3.62. The van der Waals surface area contributed by atoms with Crippen LogP contribution in [0.5, 0.6) is 0 Å². The van der Waals surface area contributed by atoms with Gasteiger partial charge in [0.05, 0.1) is 0 Å². The van der Waals surface area contributed by atoms with Crippen molar-refractivity contribution >= 4 is 11.6 Å². The third-order valence-electron chi connectivity index (χ3n) is 3.50. The topological polar surface area (TPSA) is 46.9 Å². The van der Waals surface area contributed by atoms with Crippen LogP contribution in [-0.2, 0) is 6.54 Å². The molecule has 0 spiro atoms. The average molecular weight is 291 g/mol. The van der Waals surface area contributed by atoms with Crippen LogP contribution in [0.15, 0.2) is 66.9 Å². The number of nitrogens with zero attached hydrogens (tertiary/aromatic N) is 2. The number of aryl methyl sites for hydroxylation is 1. The molecule has 0 aliphatic carbocycles. The predicted molar refractivity (Wildman–Crippen MR) is 87.7 cm³/mol. The van der Waals surface area contributed by atoms with Crippen molar-refractivity contribution in [3.63, 3.8) is 0 Å². The maximum atomic E-state index is 12.2. The van der Waals surface area contributed by atoms with Crippen LogP contribution in [0.4, 0.5) is 5.69 Å². The molecule has 0 radical (unpaired) electrons. The predicted octanol–water partition coefficient (Wildman–Crippen LogP) is 3.82. The first-order valence-electron chi connectivity index (χ1n) is 7.26. The van der Waals surface area contributed by atoms with Crippen molar-refractivity contribution < 1.29 is 4.79 Å². The van der Waals surface area contributed by atoms with E-state index in [2.05, 4.69) is 22.5 Å². The van der Waals surface area contributed by atoms with Gasteiger partial charge >= 0.3 is 0 Å². The molecular weight excluding hydrogens is 274 g/mol. The molecule has 0 aliphatic rings. The molecule has 1 heterocycles. The lowest BCUT2D eigenvalue weighted by Gasteiger charge is -2.08. The zero-order chi connectivity index (χ0) is 15.4. The van der Waals surface area contributed by atoms with E-state index in [4.69, 9.17) is 0 Å². The van der Waals surface area contributed by atoms with Gasteiger partial charge in [-0.15, -0.1) is 0 Å². The number of rotatable bonds is 4. The number of amides is 1. The van der Waals surface area contributed by atoms with Gasteiger partial charge in [0.25, 0.3) is 5.91 Å². The van der Waals surface area contributed by atoms with E-state index in [0.29, 0.717) is 12.2 Å². The van der Waals surface area contributed by atoms with Crippen LogP contribution in [0.2, 0.25) is 0 Å². The van der Waals surface area contributed by atoms with Crippen molar-refractivity contribution in [3.8, 4) is 11.1 Å². The van der Waals surface area contributed by atoms with Crippen LogP contribution in [-0.4, -0.2) is 15.7 Å². The molecule has 22 heavy (non-hydrogen) atoms. The Kier molecular flexibility index (Phi) is 4.01. The fourth-order valence-corrected chi connectivity index (χ4v) is 2.35. The van der Waals surface area contributed by atoms with E-state index in [1.165, 1.54) is 0 Å². The summed E-state index contributed by atoms with van der Waals surface area (Å²) in [7, 11) is 0. The van der Waals surface area contributed by atoms with Gasteiger partial charge in [-0.05, 0) is 36.2 Å². The Morgan fingerprint density at radius 3 is 2.36 bits per heavy atom. The second kappa shape index (κ2) is 6.26. The summed E-state index contributed by atoms with van der Waals surface area (Å²) >= 11 is 0. The molecule has 0 aliphatic heterocycles. The van der Waals surface area contributed by atoms with Gasteiger partial charge in [-0.2, -0.15) is 5.10 Å². The molecule has 4 nitrogen and oxygen atoms in total. The van der Waals surface area contributed by atoms with Gasteiger partial charge in [0.15, 0.2) is 0 Å². The lowest BCUT2D eigenvalue weighted by atomic mass is 10.1. The Morgan fingerprint density at radius 2 is 1.68 bits per heavy atom. The van der Waals surface area contributed by atoms with Crippen molar-refractivity contribution in [3.05, 3.63) is 72.6 Å². The van der Waals surface area contributed by atoms with Crippen molar-refractivity contribution in [2.75, 3.05) is 5.32 Å². The number of aromatic nitrogens is 2. The number of anilines is 1. The third-order valence-corrected chi connectivity index (χ3v) is 3.50. The number of carbonyl (C=O) groups excluding carboxylic acids is 1. The summed E-state index contributed by atoms with van der Waals surface area (Å²) in [6.45, 7) is 2.63. The van der Waals surface area contributed by atoms with Gasteiger partial charge in [-0.25, -0.2) is 0 Å². The quantitative estimate of drug-likeness (QED) is 0.794. The Hall–Kier alpha value is -2.88. The first-order valence-corrected chi connectivity index (χ1v) is 7.26. The van der Waals surface area contributed by atoms with E-state index >= 15 is 0 Å². The molecule has 0 atom stereocenters. The monoisotopic (exact) mass is 291 g/mol. The van der Waals surface area contributed by atoms with Gasteiger partial charge in [0.2, 0.25) is 0 Å². The summed E-state index contributed by atoms with van der Waals surface area (Å²) in [5, 5.41) is 7.00. The van der Waals surface area contributed by atoms with E-state index in [1.54, 1.807) is 16.9 Å². The van der Waals surface area contributed by atoms with E-state index in [-0.39, 0.29) is 5.91 Å². The van der Waals surface area contributed by atoms with Crippen molar-refractivity contribution in [1.82, 2.24) is 9.78 Å². The van der Waals surface area contributed by atoms with Crippen LogP contribution in [0.25, 0.3) is 11.1 Å². The summed E-state index contributed by atoms with van der Waals surface area (Å²) in [6, 6.07) is 19.7. The fraction of sp³-hybridized carbons (Fsp3) is 0.111. The molecule has 1 amide bonds. The van der Waals surface area contributed by atoms with Gasteiger partial charge in [-0.1, -0.05) is 42.5 Å². The summed E-state index contributed by atoms with van der Waals surface area (Å²) in [6.07, 6.45) is 1.64. The maximum Gasteiger partial charge on any atom is 0.273 e. The molecule has 3 aromatic rings. The van der Waals surface area contributed by atoms with Crippen LogP contribution in [0, 0.1) is 0 Å². The van der Waals surface area contributed by atoms with Crippen LogP contribution < -0.4 is 5.32 Å². The van der Waals surface area contributed by atoms with E-state index in [0.717, 1.165) is 16.8 Å². The number of carbonyl (C=O) groups is 1. The van der Waals surface area contributed by atoms with Crippen molar-refractivity contribution in [2.45, 2.75) is 13.5 Å². The Bertz CT molecular complexity index is 761. The molecule has 4 heteroatoms. The molecule has 0 unspecified atom stereocenters. The molecule has 3 rings (SSSR count). The minimum Gasteiger partial charge on any atom is -0.321 e. The highest BCUT2D eigenvalue weighted by Gasteiger charge is 2.11. The minimum atomic E-state index is -0.146. The van der Waals surface area contributed by atoms with Crippen LogP contribution >= 0.6 is 0 Å². The summed E-state index contributed by atoms with van der Waals surface area (Å²) < 4.78 is 1.67. The smallest absolute Gasteiger partial charge is 0.273 e. The molecule has 110 valence electrons. The summed E-state index contributed by atoms with van der Waals surface area (Å²) in [5.74, 6) is -0.146. The molecule has 0 bridgehead atoms. The molecule has 2 aromatic carbocycles. The normalized spacial score (nSPS) is 10.4. The Labute approximate surface area is 129 Å². The molecule has 1 aromatic heterocycles. The fourth-order valence-electron chi connectivity index (χ4n) is 2.35. The Morgan fingerprint density at radius 1 is 1.00 bits per heavy atom. The minimum absolute atomic E-state index is 0.146. The highest BCUT2D eigenvalue weighted by molar-refractivity contribution is 6.03. The maximum absolute atomic E-state index is 12.2. The molecule has 0 saturated heterocycles. The zero-order valence-corrected chi connectivity index (χ0v) is 12.4. The van der Waals surface area contributed by atoms with Gasteiger partial charge < -0.3 is 5.32 Å². The average Bonchev–Trinajstić information content (AvgIpc) is 3.05. The van der Waals surface area contributed by atoms with Gasteiger partial charge in [-0.3, -0.25) is 9.48 Å². The van der Waals surface area contributed by atoms with E-state index in [9.17, 15) is 4.79 Å². The first-order chi connectivity index (χ1) is 10.8. The van der Waals surface area contributed by atoms with Crippen LogP contribution in [0.1, 0.15) is 17.4 Å². The first kappa shape index (κ1) is 14.1. The van der Waals surface area contributed by atoms with E-state index in [1.807, 2.05) is 49.4 Å². The standard InChI is InChI=1S/C18H17N3O/c1-2-21-17(12-13-19-21)18(22)20-16-10-8-15(9-11-16)14-6-4-3-5-7-14/h3-13H,2H2,1H3,(H,20,22).